The monoisotopic (exact) mass is 359 g/mol. The van der Waals surface area contributed by atoms with Crippen molar-refractivity contribution in [3.8, 4) is 5.75 Å². The first-order chi connectivity index (χ1) is 12.0. The van der Waals surface area contributed by atoms with E-state index in [2.05, 4.69) is 5.32 Å². The van der Waals surface area contributed by atoms with E-state index in [4.69, 9.17) is 16.3 Å². The van der Waals surface area contributed by atoms with Crippen LogP contribution in [0.3, 0.4) is 0 Å². The number of nitrogens with one attached hydrogen (secondary N) is 1. The van der Waals surface area contributed by atoms with Crippen LogP contribution in [0.15, 0.2) is 48.5 Å². The van der Waals surface area contributed by atoms with E-state index in [0.717, 1.165) is 11.1 Å². The van der Waals surface area contributed by atoms with E-state index in [0.29, 0.717) is 17.2 Å². The van der Waals surface area contributed by atoms with E-state index in [-0.39, 0.29) is 18.9 Å². The molecule has 25 heavy (non-hydrogen) atoms. The van der Waals surface area contributed by atoms with Gasteiger partial charge in [0.1, 0.15) is 18.4 Å². The third kappa shape index (κ3) is 4.31. The van der Waals surface area contributed by atoms with Crippen LogP contribution >= 0.6 is 11.6 Å². The molecule has 1 aliphatic rings. The summed E-state index contributed by atoms with van der Waals surface area (Å²) in [7, 11) is 0. The SMILES string of the molecule is O=C(N[C@@H](Cc1ccccc1)C(=O)O)C1COc2ccc(Cl)cc2C1. The lowest BCUT2D eigenvalue weighted by Gasteiger charge is -2.26. The van der Waals surface area contributed by atoms with Gasteiger partial charge in [-0.3, -0.25) is 4.79 Å². The van der Waals surface area contributed by atoms with Crippen LogP contribution in [0.5, 0.6) is 5.75 Å². The first kappa shape index (κ1) is 17.3. The molecule has 130 valence electrons. The summed E-state index contributed by atoms with van der Waals surface area (Å²) >= 11 is 5.99. The van der Waals surface area contributed by atoms with Gasteiger partial charge in [0, 0.05) is 11.4 Å². The van der Waals surface area contributed by atoms with Crippen LogP contribution in [0.2, 0.25) is 5.02 Å². The van der Waals surface area contributed by atoms with Crippen LogP contribution in [-0.4, -0.2) is 29.6 Å². The average molecular weight is 360 g/mol. The highest BCUT2D eigenvalue weighted by Crippen LogP contribution is 2.29. The molecule has 0 aromatic heterocycles. The van der Waals surface area contributed by atoms with Crippen molar-refractivity contribution in [2.24, 2.45) is 5.92 Å². The van der Waals surface area contributed by atoms with Crippen LogP contribution in [0, 0.1) is 5.92 Å². The average Bonchev–Trinajstić information content (AvgIpc) is 2.61. The second-order valence-corrected chi connectivity index (χ2v) is 6.49. The molecule has 0 fully saturated rings. The van der Waals surface area contributed by atoms with Gasteiger partial charge in [0.15, 0.2) is 0 Å². The number of ether oxygens (including phenoxy) is 1. The normalized spacial score (nSPS) is 17.1. The van der Waals surface area contributed by atoms with Crippen molar-refractivity contribution in [3.63, 3.8) is 0 Å². The van der Waals surface area contributed by atoms with Crippen LogP contribution in [-0.2, 0) is 22.4 Å². The minimum Gasteiger partial charge on any atom is -0.492 e. The Hall–Kier alpha value is -2.53. The maximum Gasteiger partial charge on any atom is 0.326 e. The highest BCUT2D eigenvalue weighted by atomic mass is 35.5. The number of carbonyl (C=O) groups is 2. The van der Waals surface area contributed by atoms with E-state index in [9.17, 15) is 14.7 Å². The minimum atomic E-state index is -1.06. The van der Waals surface area contributed by atoms with Crippen LogP contribution in [0.4, 0.5) is 0 Å². The first-order valence-corrected chi connectivity index (χ1v) is 8.39. The Morgan fingerprint density at radius 1 is 1.24 bits per heavy atom. The summed E-state index contributed by atoms with van der Waals surface area (Å²) in [5.74, 6) is -1.11. The Labute approximate surface area is 150 Å². The molecule has 1 heterocycles. The van der Waals surface area contributed by atoms with Crippen molar-refractivity contribution in [1.29, 1.82) is 0 Å². The number of hydrogen-bond acceptors (Lipinski definition) is 3. The van der Waals surface area contributed by atoms with Gasteiger partial charge >= 0.3 is 5.97 Å². The fraction of sp³-hybridized carbons (Fsp3) is 0.263. The summed E-state index contributed by atoms with van der Waals surface area (Å²) in [6.07, 6.45) is 0.706. The van der Waals surface area contributed by atoms with Crippen LogP contribution < -0.4 is 10.1 Å². The lowest BCUT2D eigenvalue weighted by atomic mass is 9.95. The number of fused-ring (bicyclic) bond motifs is 1. The summed E-state index contributed by atoms with van der Waals surface area (Å²) in [6, 6.07) is 13.5. The van der Waals surface area contributed by atoms with Gasteiger partial charge in [0.25, 0.3) is 0 Å². The van der Waals surface area contributed by atoms with E-state index in [1.54, 1.807) is 18.2 Å². The quantitative estimate of drug-likeness (QED) is 0.860. The molecule has 2 N–H and O–H groups in total. The Morgan fingerprint density at radius 3 is 2.72 bits per heavy atom. The smallest absolute Gasteiger partial charge is 0.326 e. The predicted molar refractivity (Wildman–Crippen MR) is 93.9 cm³/mol. The van der Waals surface area contributed by atoms with E-state index >= 15 is 0 Å². The number of rotatable bonds is 5. The number of aliphatic carboxylic acids is 1. The van der Waals surface area contributed by atoms with Crippen LogP contribution in [0.1, 0.15) is 11.1 Å². The zero-order chi connectivity index (χ0) is 17.8. The van der Waals surface area contributed by atoms with Gasteiger partial charge in [-0.15, -0.1) is 0 Å². The van der Waals surface area contributed by atoms with Gasteiger partial charge < -0.3 is 15.2 Å². The van der Waals surface area contributed by atoms with E-state index in [1.807, 2.05) is 30.3 Å². The van der Waals surface area contributed by atoms with E-state index in [1.165, 1.54) is 0 Å². The third-order valence-corrected chi connectivity index (χ3v) is 4.43. The number of carbonyl (C=O) groups excluding carboxylic acids is 1. The molecule has 1 aliphatic heterocycles. The summed E-state index contributed by atoms with van der Waals surface area (Å²) in [5.41, 5.74) is 1.71. The molecule has 0 aliphatic carbocycles. The lowest BCUT2D eigenvalue weighted by Crippen LogP contribution is -2.47. The molecular formula is C19H18ClNO4. The molecule has 0 saturated heterocycles. The standard InChI is InChI=1S/C19H18ClNO4/c20-15-6-7-17-13(10-15)9-14(11-25-17)18(22)21-16(19(23)24)8-12-4-2-1-3-5-12/h1-7,10,14,16H,8-9,11H2,(H,21,22)(H,23,24)/t14?,16-/m0/s1. The van der Waals surface area contributed by atoms with Gasteiger partial charge in [-0.1, -0.05) is 41.9 Å². The molecule has 0 saturated carbocycles. The molecule has 2 aromatic rings. The maximum absolute atomic E-state index is 12.5. The highest BCUT2D eigenvalue weighted by molar-refractivity contribution is 6.30. The topological polar surface area (TPSA) is 75.6 Å². The zero-order valence-corrected chi connectivity index (χ0v) is 14.2. The summed E-state index contributed by atoms with van der Waals surface area (Å²) < 4.78 is 5.61. The molecule has 2 aromatic carbocycles. The van der Waals surface area contributed by atoms with Crippen molar-refractivity contribution in [1.82, 2.24) is 5.32 Å². The number of halogens is 1. The molecule has 5 nitrogen and oxygen atoms in total. The maximum atomic E-state index is 12.5. The third-order valence-electron chi connectivity index (χ3n) is 4.20. The summed E-state index contributed by atoms with van der Waals surface area (Å²) in [6.45, 7) is 0.220. The van der Waals surface area contributed by atoms with Crippen molar-refractivity contribution in [2.45, 2.75) is 18.9 Å². The number of carboxylic acids is 1. The highest BCUT2D eigenvalue weighted by Gasteiger charge is 2.29. The Kier molecular flexibility index (Phi) is 5.24. The first-order valence-electron chi connectivity index (χ1n) is 8.01. The number of benzene rings is 2. The second kappa shape index (κ2) is 7.57. The van der Waals surface area contributed by atoms with Gasteiger partial charge in [-0.25, -0.2) is 4.79 Å². The Morgan fingerprint density at radius 2 is 2.00 bits per heavy atom. The molecule has 0 radical (unpaired) electrons. The van der Waals surface area contributed by atoms with Crippen molar-refractivity contribution in [2.75, 3.05) is 6.61 Å². The molecule has 1 unspecified atom stereocenters. The van der Waals surface area contributed by atoms with Gasteiger partial charge in [0.2, 0.25) is 5.91 Å². The Bertz CT molecular complexity index is 778. The lowest BCUT2D eigenvalue weighted by molar-refractivity contribution is -0.142. The van der Waals surface area contributed by atoms with Gasteiger partial charge in [-0.2, -0.15) is 0 Å². The zero-order valence-electron chi connectivity index (χ0n) is 13.4. The number of hydrogen-bond donors (Lipinski definition) is 2. The van der Waals surface area contributed by atoms with Crippen molar-refractivity contribution in [3.05, 3.63) is 64.7 Å². The molecule has 1 amide bonds. The molecule has 0 bridgehead atoms. The predicted octanol–water partition coefficient (Wildman–Crippen LogP) is 2.70. The summed E-state index contributed by atoms with van der Waals surface area (Å²) in [5, 5.41) is 12.6. The molecule has 3 rings (SSSR count). The fourth-order valence-electron chi connectivity index (χ4n) is 2.87. The van der Waals surface area contributed by atoms with Crippen molar-refractivity contribution < 1.29 is 19.4 Å². The minimum absolute atomic E-state index is 0.220. The van der Waals surface area contributed by atoms with Crippen LogP contribution in [0.25, 0.3) is 0 Å². The van der Waals surface area contributed by atoms with Gasteiger partial charge in [-0.05, 0) is 35.7 Å². The summed E-state index contributed by atoms with van der Waals surface area (Å²) in [4.78, 5) is 24.0. The molecule has 6 heteroatoms. The second-order valence-electron chi connectivity index (χ2n) is 6.05. The molecule has 0 spiro atoms. The number of carboxylic acid groups (broad SMARTS) is 1. The van der Waals surface area contributed by atoms with E-state index < -0.39 is 17.9 Å². The van der Waals surface area contributed by atoms with Crippen molar-refractivity contribution >= 4 is 23.5 Å². The largest absolute Gasteiger partial charge is 0.492 e. The molecular weight excluding hydrogens is 342 g/mol. The molecule has 2 atom stereocenters. The van der Waals surface area contributed by atoms with Gasteiger partial charge in [0.05, 0.1) is 5.92 Å². The fourth-order valence-corrected chi connectivity index (χ4v) is 3.07. The Balaban J connectivity index is 1.67. The number of amides is 1.